The summed E-state index contributed by atoms with van der Waals surface area (Å²) in [6.07, 6.45) is 0. The summed E-state index contributed by atoms with van der Waals surface area (Å²) in [5.41, 5.74) is 2.87. The monoisotopic (exact) mass is 287 g/mol. The lowest BCUT2D eigenvalue weighted by atomic mass is 9.77. The Morgan fingerprint density at radius 2 is 1.86 bits per heavy atom. The first-order valence-corrected chi connectivity index (χ1v) is 6.60. The number of aromatic nitrogens is 1. The first-order chi connectivity index (χ1) is 9.99. The molecule has 0 saturated carbocycles. The van der Waals surface area contributed by atoms with Gasteiger partial charge in [0, 0.05) is 17.8 Å². The highest BCUT2D eigenvalue weighted by Crippen LogP contribution is 2.17. The van der Waals surface area contributed by atoms with Crippen LogP contribution in [0.4, 0.5) is 0 Å². The van der Waals surface area contributed by atoms with Gasteiger partial charge < -0.3 is 19.5 Å². The standard InChI is InChI=1S/C15H18BNO4/c1-10-6-13(4-5-15(10)16(18)19)21-9-12-8-14(20-3)7-11(2)17-12/h4-8,18-19H,9H2,1-3H3. The molecule has 6 heteroatoms. The van der Waals surface area contributed by atoms with Crippen LogP contribution < -0.4 is 14.9 Å². The lowest BCUT2D eigenvalue weighted by Gasteiger charge is -2.10. The quantitative estimate of drug-likeness (QED) is 0.802. The normalized spacial score (nSPS) is 10.3. The van der Waals surface area contributed by atoms with Crippen LogP contribution in [0.1, 0.15) is 17.0 Å². The van der Waals surface area contributed by atoms with Crippen molar-refractivity contribution in [2.75, 3.05) is 7.11 Å². The number of methoxy groups -OCH3 is 1. The summed E-state index contributed by atoms with van der Waals surface area (Å²) in [6.45, 7) is 4.02. The molecule has 0 aliphatic carbocycles. The fourth-order valence-electron chi connectivity index (χ4n) is 2.08. The summed E-state index contributed by atoms with van der Waals surface area (Å²) in [7, 11) is 0.142. The fraction of sp³-hybridized carbons (Fsp3) is 0.267. The molecule has 0 unspecified atom stereocenters. The third kappa shape index (κ3) is 3.96. The number of hydrogen-bond donors (Lipinski definition) is 2. The van der Waals surface area contributed by atoms with Gasteiger partial charge in [0.2, 0.25) is 0 Å². The molecule has 1 aromatic heterocycles. The second-order valence-electron chi connectivity index (χ2n) is 4.82. The van der Waals surface area contributed by atoms with Gasteiger partial charge >= 0.3 is 7.12 Å². The molecular formula is C15H18BNO4. The van der Waals surface area contributed by atoms with Gasteiger partial charge in [-0.2, -0.15) is 0 Å². The van der Waals surface area contributed by atoms with E-state index in [1.165, 1.54) is 0 Å². The van der Waals surface area contributed by atoms with Crippen LogP contribution in [0.25, 0.3) is 0 Å². The number of ether oxygens (including phenoxy) is 2. The number of hydrogen-bond acceptors (Lipinski definition) is 5. The first-order valence-electron chi connectivity index (χ1n) is 6.60. The summed E-state index contributed by atoms with van der Waals surface area (Å²) >= 11 is 0. The first kappa shape index (κ1) is 15.3. The molecule has 1 heterocycles. The molecule has 2 rings (SSSR count). The number of nitrogens with zero attached hydrogens (tertiary/aromatic N) is 1. The molecule has 110 valence electrons. The summed E-state index contributed by atoms with van der Waals surface area (Å²) < 4.78 is 10.9. The lowest BCUT2D eigenvalue weighted by Crippen LogP contribution is -2.31. The zero-order valence-corrected chi connectivity index (χ0v) is 12.3. The maximum atomic E-state index is 9.18. The molecule has 0 radical (unpaired) electrons. The Balaban J connectivity index is 2.09. The molecule has 0 spiro atoms. The topological polar surface area (TPSA) is 71.8 Å². The van der Waals surface area contributed by atoms with Gasteiger partial charge in [-0.1, -0.05) is 6.07 Å². The maximum absolute atomic E-state index is 9.18. The van der Waals surface area contributed by atoms with Crippen molar-refractivity contribution in [1.29, 1.82) is 0 Å². The largest absolute Gasteiger partial charge is 0.497 e. The van der Waals surface area contributed by atoms with Crippen LogP contribution in [0, 0.1) is 13.8 Å². The Kier molecular flexibility index (Phi) is 4.83. The summed E-state index contributed by atoms with van der Waals surface area (Å²) in [5, 5.41) is 18.4. The minimum atomic E-state index is -1.47. The second kappa shape index (κ2) is 6.60. The fourth-order valence-corrected chi connectivity index (χ4v) is 2.08. The number of aryl methyl sites for hydroxylation is 2. The number of pyridine rings is 1. The van der Waals surface area contributed by atoms with Crippen molar-refractivity contribution in [1.82, 2.24) is 4.98 Å². The molecule has 0 atom stereocenters. The molecule has 1 aromatic carbocycles. The zero-order valence-electron chi connectivity index (χ0n) is 12.3. The van der Waals surface area contributed by atoms with E-state index in [2.05, 4.69) is 4.98 Å². The van der Waals surface area contributed by atoms with E-state index < -0.39 is 7.12 Å². The van der Waals surface area contributed by atoms with E-state index in [4.69, 9.17) is 9.47 Å². The summed E-state index contributed by atoms with van der Waals surface area (Å²) in [6, 6.07) is 8.78. The smallest absolute Gasteiger partial charge is 0.488 e. The SMILES string of the molecule is COc1cc(C)nc(COc2ccc(B(O)O)c(C)c2)c1. The average Bonchev–Trinajstić information content (AvgIpc) is 2.44. The van der Waals surface area contributed by atoms with Crippen molar-refractivity contribution in [3.8, 4) is 11.5 Å². The second-order valence-corrected chi connectivity index (χ2v) is 4.82. The van der Waals surface area contributed by atoms with Crippen molar-refractivity contribution in [2.45, 2.75) is 20.5 Å². The Labute approximate surface area is 124 Å². The van der Waals surface area contributed by atoms with Gasteiger partial charge in [0.1, 0.15) is 18.1 Å². The van der Waals surface area contributed by atoms with Crippen LogP contribution in [0.3, 0.4) is 0 Å². The Morgan fingerprint density at radius 3 is 2.48 bits per heavy atom. The Hall–Kier alpha value is -2.05. The van der Waals surface area contributed by atoms with Gasteiger partial charge in [-0.25, -0.2) is 0 Å². The van der Waals surface area contributed by atoms with Gasteiger partial charge in [0.25, 0.3) is 0 Å². The van der Waals surface area contributed by atoms with Crippen LogP contribution in [-0.4, -0.2) is 29.3 Å². The lowest BCUT2D eigenvalue weighted by molar-refractivity contribution is 0.299. The predicted molar refractivity (Wildman–Crippen MR) is 80.9 cm³/mol. The van der Waals surface area contributed by atoms with Gasteiger partial charge in [-0.3, -0.25) is 4.98 Å². The van der Waals surface area contributed by atoms with Gasteiger partial charge in [0.05, 0.1) is 12.8 Å². The predicted octanol–water partition coefficient (Wildman–Crippen LogP) is 0.966. The minimum absolute atomic E-state index is 0.318. The molecule has 2 aromatic rings. The van der Waals surface area contributed by atoms with E-state index in [1.54, 1.807) is 32.2 Å². The number of rotatable bonds is 5. The molecule has 0 aliphatic rings. The van der Waals surface area contributed by atoms with Crippen LogP contribution >= 0.6 is 0 Å². The molecule has 0 bridgehead atoms. The van der Waals surface area contributed by atoms with Gasteiger partial charge in [0.15, 0.2) is 0 Å². The molecule has 0 saturated heterocycles. The third-order valence-electron chi connectivity index (χ3n) is 3.12. The van der Waals surface area contributed by atoms with Crippen molar-refractivity contribution < 1.29 is 19.5 Å². The van der Waals surface area contributed by atoms with Crippen molar-refractivity contribution in [3.63, 3.8) is 0 Å². The third-order valence-corrected chi connectivity index (χ3v) is 3.12. The Bertz CT molecular complexity index is 631. The molecule has 0 aliphatic heterocycles. The van der Waals surface area contributed by atoms with E-state index in [9.17, 15) is 10.0 Å². The zero-order chi connectivity index (χ0) is 15.4. The number of benzene rings is 1. The molecular weight excluding hydrogens is 269 g/mol. The van der Waals surface area contributed by atoms with Crippen molar-refractivity contribution in [3.05, 3.63) is 47.3 Å². The van der Waals surface area contributed by atoms with E-state index in [0.717, 1.165) is 22.7 Å². The molecule has 5 nitrogen and oxygen atoms in total. The van der Waals surface area contributed by atoms with E-state index in [0.29, 0.717) is 17.8 Å². The van der Waals surface area contributed by atoms with Crippen LogP contribution in [0.5, 0.6) is 11.5 Å². The van der Waals surface area contributed by atoms with E-state index >= 15 is 0 Å². The average molecular weight is 287 g/mol. The van der Waals surface area contributed by atoms with Crippen LogP contribution in [-0.2, 0) is 6.61 Å². The highest BCUT2D eigenvalue weighted by Gasteiger charge is 2.14. The highest BCUT2D eigenvalue weighted by molar-refractivity contribution is 6.59. The molecule has 0 fully saturated rings. The van der Waals surface area contributed by atoms with Crippen molar-refractivity contribution >= 4 is 12.6 Å². The highest BCUT2D eigenvalue weighted by atomic mass is 16.5. The molecule has 2 N–H and O–H groups in total. The van der Waals surface area contributed by atoms with Crippen LogP contribution in [0.15, 0.2) is 30.3 Å². The van der Waals surface area contributed by atoms with Gasteiger partial charge in [-0.15, -0.1) is 0 Å². The summed E-state index contributed by atoms with van der Waals surface area (Å²) in [4.78, 5) is 4.38. The van der Waals surface area contributed by atoms with E-state index in [-0.39, 0.29) is 0 Å². The minimum Gasteiger partial charge on any atom is -0.497 e. The van der Waals surface area contributed by atoms with Crippen LogP contribution in [0.2, 0.25) is 0 Å². The molecule has 0 amide bonds. The Morgan fingerprint density at radius 1 is 1.10 bits per heavy atom. The molecule has 21 heavy (non-hydrogen) atoms. The van der Waals surface area contributed by atoms with Gasteiger partial charge in [-0.05, 0) is 37.0 Å². The summed E-state index contributed by atoms with van der Waals surface area (Å²) in [5.74, 6) is 1.40. The van der Waals surface area contributed by atoms with E-state index in [1.807, 2.05) is 19.1 Å². The maximum Gasteiger partial charge on any atom is 0.488 e. The van der Waals surface area contributed by atoms with Crippen molar-refractivity contribution in [2.24, 2.45) is 0 Å².